The first-order valence-corrected chi connectivity index (χ1v) is 9.03. The molecule has 0 saturated carbocycles. The molecule has 1 N–H and O–H groups in total. The van der Waals surface area contributed by atoms with Crippen LogP contribution in [-0.4, -0.2) is 29.7 Å². The molecule has 0 spiro atoms. The van der Waals surface area contributed by atoms with Crippen LogP contribution in [0.4, 0.5) is 10.1 Å². The molecule has 0 bridgehead atoms. The normalized spacial score (nSPS) is 17.1. The maximum absolute atomic E-state index is 13.9. The third kappa shape index (κ3) is 3.33. The summed E-state index contributed by atoms with van der Waals surface area (Å²) in [6.07, 6.45) is 13.2. The molecule has 1 aromatic carbocycles. The van der Waals surface area contributed by atoms with E-state index in [0.717, 1.165) is 35.2 Å². The van der Waals surface area contributed by atoms with Crippen LogP contribution < -0.4 is 9.64 Å². The number of ether oxygens (including phenoxy) is 1. The quantitative estimate of drug-likeness (QED) is 0.673. The lowest BCUT2D eigenvalue weighted by molar-refractivity contribution is 0.386. The van der Waals surface area contributed by atoms with Gasteiger partial charge in [0.1, 0.15) is 5.65 Å². The first-order valence-electron chi connectivity index (χ1n) is 9.03. The van der Waals surface area contributed by atoms with Gasteiger partial charge in [0.15, 0.2) is 11.6 Å². The van der Waals surface area contributed by atoms with Crippen molar-refractivity contribution in [3.05, 3.63) is 71.8 Å². The number of pyridine rings is 1. The molecule has 0 radical (unpaired) electrons. The zero-order valence-corrected chi connectivity index (χ0v) is 15.4. The van der Waals surface area contributed by atoms with Crippen molar-refractivity contribution in [2.24, 2.45) is 0 Å². The Labute approximate surface area is 158 Å². The highest BCUT2D eigenvalue weighted by Gasteiger charge is 2.20. The molecule has 1 unspecified atom stereocenters. The van der Waals surface area contributed by atoms with Crippen LogP contribution in [0.2, 0.25) is 0 Å². The van der Waals surface area contributed by atoms with Gasteiger partial charge in [-0.15, -0.1) is 0 Å². The molecule has 0 aliphatic carbocycles. The minimum absolute atomic E-state index is 0.192. The van der Waals surface area contributed by atoms with Crippen molar-refractivity contribution in [1.82, 2.24) is 9.97 Å². The highest BCUT2D eigenvalue weighted by molar-refractivity contribution is 5.84. The summed E-state index contributed by atoms with van der Waals surface area (Å²) < 4.78 is 18.9. The Hall–Kier alpha value is -3.08. The summed E-state index contributed by atoms with van der Waals surface area (Å²) >= 11 is 0. The van der Waals surface area contributed by atoms with Crippen LogP contribution >= 0.6 is 0 Å². The fourth-order valence-corrected chi connectivity index (χ4v) is 3.57. The smallest absolute Gasteiger partial charge is 0.165 e. The number of benzene rings is 1. The van der Waals surface area contributed by atoms with Gasteiger partial charge in [0, 0.05) is 18.1 Å². The van der Waals surface area contributed by atoms with E-state index in [1.807, 2.05) is 24.5 Å². The lowest BCUT2D eigenvalue weighted by atomic mass is 10.0. The predicted molar refractivity (Wildman–Crippen MR) is 108 cm³/mol. The molecule has 2 aromatic heterocycles. The summed E-state index contributed by atoms with van der Waals surface area (Å²) in [6, 6.07) is 7.27. The Kier molecular flexibility index (Phi) is 4.67. The molecule has 3 heterocycles. The molecule has 3 aromatic rings. The van der Waals surface area contributed by atoms with E-state index in [-0.39, 0.29) is 17.6 Å². The zero-order chi connectivity index (χ0) is 18.8. The molecule has 1 aliphatic rings. The highest BCUT2D eigenvalue weighted by atomic mass is 19.1. The van der Waals surface area contributed by atoms with Gasteiger partial charge in [-0.2, -0.15) is 0 Å². The van der Waals surface area contributed by atoms with Crippen molar-refractivity contribution >= 4 is 22.8 Å². The van der Waals surface area contributed by atoms with Crippen molar-refractivity contribution in [3.8, 4) is 5.75 Å². The minimum atomic E-state index is -0.349. The summed E-state index contributed by atoms with van der Waals surface area (Å²) in [5, 5.41) is 1.14. The highest BCUT2D eigenvalue weighted by Crippen LogP contribution is 2.30. The molecule has 4 rings (SSSR count). The second-order valence-corrected chi connectivity index (χ2v) is 6.69. The van der Waals surface area contributed by atoms with Gasteiger partial charge in [0.2, 0.25) is 0 Å². The Bertz CT molecular complexity index is 1020. The number of rotatable bonds is 4. The fourth-order valence-electron chi connectivity index (χ4n) is 3.57. The van der Waals surface area contributed by atoms with Crippen LogP contribution in [0.15, 0.2) is 54.9 Å². The summed E-state index contributed by atoms with van der Waals surface area (Å²) in [5.41, 5.74) is 4.07. The zero-order valence-electron chi connectivity index (χ0n) is 15.4. The number of halogens is 1. The second-order valence-electron chi connectivity index (χ2n) is 6.69. The Balaban J connectivity index is 1.63. The van der Waals surface area contributed by atoms with E-state index in [0.29, 0.717) is 0 Å². The summed E-state index contributed by atoms with van der Waals surface area (Å²) in [5.74, 6) is -0.0890. The number of aromatic amines is 1. The number of nitrogens with one attached hydrogen (secondary N) is 1. The van der Waals surface area contributed by atoms with Crippen LogP contribution in [0.25, 0.3) is 17.1 Å². The molecule has 0 amide bonds. The van der Waals surface area contributed by atoms with Gasteiger partial charge < -0.3 is 14.6 Å². The number of hydrogen-bond donors (Lipinski definition) is 1. The van der Waals surface area contributed by atoms with Crippen LogP contribution in [0.5, 0.6) is 5.75 Å². The molecule has 0 saturated heterocycles. The van der Waals surface area contributed by atoms with Crippen molar-refractivity contribution in [3.63, 3.8) is 0 Å². The summed E-state index contributed by atoms with van der Waals surface area (Å²) in [7, 11) is 1.47. The van der Waals surface area contributed by atoms with Gasteiger partial charge in [-0.1, -0.05) is 30.4 Å². The number of aromatic nitrogens is 2. The van der Waals surface area contributed by atoms with Gasteiger partial charge in [0.25, 0.3) is 0 Å². The fraction of sp³-hybridized carbons (Fsp3) is 0.227. The second kappa shape index (κ2) is 7.27. The number of hydrogen-bond acceptors (Lipinski definition) is 3. The predicted octanol–water partition coefficient (Wildman–Crippen LogP) is 4.87. The molecular formula is C22H22FN3O. The molecule has 138 valence electrons. The van der Waals surface area contributed by atoms with Gasteiger partial charge >= 0.3 is 0 Å². The van der Waals surface area contributed by atoms with Crippen molar-refractivity contribution in [2.45, 2.75) is 19.4 Å². The summed E-state index contributed by atoms with van der Waals surface area (Å²) in [4.78, 5) is 10.0. The molecule has 0 fully saturated rings. The SMILES string of the molecule is COc1ccc(C=CC2CC=CCN2c2cnc3[nH]ccc3c2C)cc1F. The first-order chi connectivity index (χ1) is 13.2. The lowest BCUT2D eigenvalue weighted by Crippen LogP contribution is -2.36. The number of methoxy groups -OCH3 is 1. The molecule has 4 nitrogen and oxygen atoms in total. The molecule has 27 heavy (non-hydrogen) atoms. The number of aryl methyl sites for hydroxylation is 1. The van der Waals surface area contributed by atoms with E-state index >= 15 is 0 Å². The molecule has 1 atom stereocenters. The topological polar surface area (TPSA) is 41.1 Å². The van der Waals surface area contributed by atoms with Gasteiger partial charge in [-0.05, 0) is 42.7 Å². The number of nitrogens with zero attached hydrogens (tertiary/aromatic N) is 2. The summed E-state index contributed by atoms with van der Waals surface area (Å²) in [6.45, 7) is 2.95. The number of anilines is 1. The van der Waals surface area contributed by atoms with Crippen LogP contribution in [0.3, 0.4) is 0 Å². The van der Waals surface area contributed by atoms with Crippen LogP contribution in [-0.2, 0) is 0 Å². The molecule has 5 heteroatoms. The van der Waals surface area contributed by atoms with E-state index < -0.39 is 0 Å². The minimum Gasteiger partial charge on any atom is -0.494 e. The van der Waals surface area contributed by atoms with E-state index in [1.165, 1.54) is 18.7 Å². The Morgan fingerprint density at radius 1 is 1.30 bits per heavy atom. The molecular weight excluding hydrogens is 341 g/mol. The first kappa shape index (κ1) is 17.3. The van der Waals surface area contributed by atoms with E-state index in [4.69, 9.17) is 4.74 Å². The number of fused-ring (bicyclic) bond motifs is 1. The lowest BCUT2D eigenvalue weighted by Gasteiger charge is -2.34. The van der Waals surface area contributed by atoms with E-state index in [2.05, 4.69) is 46.1 Å². The van der Waals surface area contributed by atoms with Crippen molar-refractivity contribution in [2.75, 3.05) is 18.6 Å². The van der Waals surface area contributed by atoms with E-state index in [1.54, 1.807) is 6.07 Å². The monoisotopic (exact) mass is 363 g/mol. The Morgan fingerprint density at radius 3 is 3.00 bits per heavy atom. The standard InChI is InChI=1S/C22H22FN3O/c1-15-18-10-11-24-22(18)25-14-20(15)26-12-4-3-5-17(26)8-6-16-7-9-21(27-2)19(23)13-16/h3-4,6-11,13-14,17H,5,12H2,1-2H3,(H,24,25). The van der Waals surface area contributed by atoms with Crippen LogP contribution in [0, 0.1) is 12.7 Å². The largest absolute Gasteiger partial charge is 0.494 e. The Morgan fingerprint density at radius 2 is 2.19 bits per heavy atom. The van der Waals surface area contributed by atoms with Crippen molar-refractivity contribution < 1.29 is 9.13 Å². The third-order valence-electron chi connectivity index (χ3n) is 5.07. The third-order valence-corrected chi connectivity index (χ3v) is 5.07. The van der Waals surface area contributed by atoms with Gasteiger partial charge in [0.05, 0.1) is 25.0 Å². The maximum Gasteiger partial charge on any atom is 0.165 e. The maximum atomic E-state index is 13.9. The van der Waals surface area contributed by atoms with Crippen LogP contribution in [0.1, 0.15) is 17.5 Å². The van der Waals surface area contributed by atoms with Crippen molar-refractivity contribution in [1.29, 1.82) is 0 Å². The van der Waals surface area contributed by atoms with Gasteiger partial charge in [-0.3, -0.25) is 0 Å². The average molecular weight is 363 g/mol. The molecule has 1 aliphatic heterocycles. The van der Waals surface area contributed by atoms with E-state index in [9.17, 15) is 4.39 Å². The average Bonchev–Trinajstić information content (AvgIpc) is 3.17. The number of H-pyrrole nitrogens is 1. The van der Waals surface area contributed by atoms with Gasteiger partial charge in [-0.25, -0.2) is 9.37 Å².